The third-order valence-electron chi connectivity index (χ3n) is 1.54. The molecule has 0 aliphatic rings. The average Bonchev–Trinajstić information content (AvgIpc) is 2.09. The first-order chi connectivity index (χ1) is 7.25. The first-order valence-electron chi connectivity index (χ1n) is 3.88. The van der Waals surface area contributed by atoms with Crippen molar-refractivity contribution in [1.29, 1.82) is 0 Å². The van der Waals surface area contributed by atoms with Crippen LogP contribution in [-0.2, 0) is 19.2 Å². The highest BCUT2D eigenvalue weighted by molar-refractivity contribution is 6.03. The third-order valence-corrected chi connectivity index (χ3v) is 1.54. The molecular formula is C8H8O8. The van der Waals surface area contributed by atoms with E-state index in [-0.39, 0.29) is 0 Å². The summed E-state index contributed by atoms with van der Waals surface area (Å²) in [6, 6.07) is 0. The lowest BCUT2D eigenvalue weighted by molar-refractivity contribution is -0.141. The van der Waals surface area contributed by atoms with Crippen molar-refractivity contribution < 1.29 is 39.6 Å². The number of carbonyl (C=O) groups is 4. The van der Waals surface area contributed by atoms with Gasteiger partial charge in [0.15, 0.2) is 0 Å². The van der Waals surface area contributed by atoms with Crippen molar-refractivity contribution in [3.05, 3.63) is 11.1 Å². The Labute approximate surface area is 88.4 Å². The van der Waals surface area contributed by atoms with E-state index < -0.39 is 47.9 Å². The fourth-order valence-electron chi connectivity index (χ4n) is 0.925. The van der Waals surface area contributed by atoms with Gasteiger partial charge in [-0.05, 0) is 0 Å². The first-order valence-corrected chi connectivity index (χ1v) is 3.88. The largest absolute Gasteiger partial charge is 0.481 e. The molecule has 0 bridgehead atoms. The molecule has 0 heterocycles. The molecule has 16 heavy (non-hydrogen) atoms. The SMILES string of the molecule is O=C(O)C/C(C(=O)O)=C(\CC(=O)O)C(=O)O. The lowest BCUT2D eigenvalue weighted by atomic mass is 10.0. The zero-order chi connectivity index (χ0) is 12.9. The third kappa shape index (κ3) is 4.22. The van der Waals surface area contributed by atoms with E-state index in [1.807, 2.05) is 0 Å². The molecule has 0 rings (SSSR count). The molecule has 0 unspecified atom stereocenters. The second kappa shape index (κ2) is 5.49. The number of carboxylic acids is 4. The molecule has 0 spiro atoms. The highest BCUT2D eigenvalue weighted by Gasteiger charge is 2.24. The molecule has 8 nitrogen and oxygen atoms in total. The zero-order valence-electron chi connectivity index (χ0n) is 7.84. The van der Waals surface area contributed by atoms with Gasteiger partial charge in [-0.15, -0.1) is 0 Å². The van der Waals surface area contributed by atoms with Gasteiger partial charge in [0.05, 0.1) is 24.0 Å². The smallest absolute Gasteiger partial charge is 0.332 e. The Morgan fingerprint density at radius 2 is 0.875 bits per heavy atom. The van der Waals surface area contributed by atoms with E-state index in [2.05, 4.69) is 0 Å². The summed E-state index contributed by atoms with van der Waals surface area (Å²) in [5.41, 5.74) is -1.88. The van der Waals surface area contributed by atoms with Gasteiger partial charge in [0.1, 0.15) is 0 Å². The summed E-state index contributed by atoms with van der Waals surface area (Å²) in [4.78, 5) is 41.7. The fourth-order valence-corrected chi connectivity index (χ4v) is 0.925. The van der Waals surface area contributed by atoms with Crippen LogP contribution < -0.4 is 0 Å². The molecule has 0 atom stereocenters. The summed E-state index contributed by atoms with van der Waals surface area (Å²) in [5, 5.41) is 33.9. The van der Waals surface area contributed by atoms with Crippen molar-refractivity contribution in [2.45, 2.75) is 12.8 Å². The van der Waals surface area contributed by atoms with Crippen molar-refractivity contribution in [3.8, 4) is 0 Å². The minimum atomic E-state index is -1.76. The van der Waals surface area contributed by atoms with Crippen molar-refractivity contribution in [2.24, 2.45) is 0 Å². The van der Waals surface area contributed by atoms with Crippen molar-refractivity contribution in [2.75, 3.05) is 0 Å². The summed E-state index contributed by atoms with van der Waals surface area (Å²) in [7, 11) is 0. The molecule has 0 radical (unpaired) electrons. The number of hydrogen-bond acceptors (Lipinski definition) is 4. The maximum Gasteiger partial charge on any atom is 0.332 e. The fraction of sp³-hybridized carbons (Fsp3) is 0.250. The number of hydrogen-bond donors (Lipinski definition) is 4. The van der Waals surface area contributed by atoms with Crippen LogP contribution in [0, 0.1) is 0 Å². The van der Waals surface area contributed by atoms with Gasteiger partial charge in [-0.1, -0.05) is 0 Å². The quantitative estimate of drug-likeness (QED) is 0.443. The Kier molecular flexibility index (Phi) is 4.67. The Morgan fingerprint density at radius 1 is 0.625 bits per heavy atom. The average molecular weight is 232 g/mol. The van der Waals surface area contributed by atoms with E-state index in [1.54, 1.807) is 0 Å². The second-order valence-corrected chi connectivity index (χ2v) is 2.71. The van der Waals surface area contributed by atoms with Crippen LogP contribution in [0.2, 0.25) is 0 Å². The molecule has 4 N–H and O–H groups in total. The monoisotopic (exact) mass is 232 g/mol. The summed E-state index contributed by atoms with van der Waals surface area (Å²) in [6.07, 6.45) is -2.10. The Hall–Kier alpha value is -2.38. The molecule has 8 heteroatoms. The molecule has 0 aliphatic heterocycles. The van der Waals surface area contributed by atoms with E-state index in [0.29, 0.717) is 0 Å². The standard InChI is InChI=1S/C8H8O8/c9-5(10)1-3(7(13)14)4(8(15)16)2-6(11)12/h1-2H2,(H,9,10)(H,11,12)(H,13,14)(H,15,16)/b4-3-. The number of aliphatic carboxylic acids is 4. The van der Waals surface area contributed by atoms with Crippen LogP contribution in [0.3, 0.4) is 0 Å². The predicted molar refractivity (Wildman–Crippen MR) is 46.8 cm³/mol. The van der Waals surface area contributed by atoms with Gasteiger partial charge < -0.3 is 20.4 Å². The van der Waals surface area contributed by atoms with E-state index >= 15 is 0 Å². The van der Waals surface area contributed by atoms with Crippen LogP contribution in [0.4, 0.5) is 0 Å². The van der Waals surface area contributed by atoms with Crippen molar-refractivity contribution >= 4 is 23.9 Å². The van der Waals surface area contributed by atoms with Crippen molar-refractivity contribution in [1.82, 2.24) is 0 Å². The maximum absolute atomic E-state index is 10.6. The van der Waals surface area contributed by atoms with Gasteiger partial charge in [-0.25, -0.2) is 9.59 Å². The molecule has 0 saturated carbocycles. The van der Waals surface area contributed by atoms with Gasteiger partial charge in [0.2, 0.25) is 0 Å². The van der Waals surface area contributed by atoms with Gasteiger partial charge in [0, 0.05) is 0 Å². The zero-order valence-corrected chi connectivity index (χ0v) is 7.84. The van der Waals surface area contributed by atoms with Gasteiger partial charge in [-0.3, -0.25) is 9.59 Å². The van der Waals surface area contributed by atoms with Crippen molar-refractivity contribution in [3.63, 3.8) is 0 Å². The lowest BCUT2D eigenvalue weighted by Gasteiger charge is -2.04. The number of carboxylic acid groups (broad SMARTS) is 4. The Bertz CT molecular complexity index is 341. The lowest BCUT2D eigenvalue weighted by Crippen LogP contribution is -2.16. The van der Waals surface area contributed by atoms with Crippen LogP contribution in [0.15, 0.2) is 11.1 Å². The minimum absolute atomic E-state index is 0.942. The molecule has 0 aromatic heterocycles. The van der Waals surface area contributed by atoms with Gasteiger partial charge >= 0.3 is 23.9 Å². The highest BCUT2D eigenvalue weighted by atomic mass is 16.4. The number of rotatable bonds is 6. The summed E-state index contributed by atoms with van der Waals surface area (Å²) >= 11 is 0. The highest BCUT2D eigenvalue weighted by Crippen LogP contribution is 2.14. The van der Waals surface area contributed by atoms with Crippen LogP contribution >= 0.6 is 0 Å². The van der Waals surface area contributed by atoms with E-state index in [9.17, 15) is 19.2 Å². The molecule has 0 amide bonds. The topological polar surface area (TPSA) is 149 Å². The van der Waals surface area contributed by atoms with Crippen LogP contribution in [0.5, 0.6) is 0 Å². The molecule has 0 aliphatic carbocycles. The predicted octanol–water partition coefficient (Wildman–Crippen LogP) is -0.598. The molecule has 88 valence electrons. The molecule has 0 aromatic rings. The first kappa shape index (κ1) is 13.6. The molecule has 0 fully saturated rings. The van der Waals surface area contributed by atoms with Crippen LogP contribution in [0.25, 0.3) is 0 Å². The second-order valence-electron chi connectivity index (χ2n) is 2.71. The van der Waals surface area contributed by atoms with E-state index in [0.717, 1.165) is 0 Å². The Balaban J connectivity index is 5.43. The van der Waals surface area contributed by atoms with Crippen LogP contribution in [-0.4, -0.2) is 44.3 Å². The maximum atomic E-state index is 10.6. The minimum Gasteiger partial charge on any atom is -0.481 e. The summed E-state index contributed by atoms with van der Waals surface area (Å²) < 4.78 is 0. The molecule has 0 saturated heterocycles. The summed E-state index contributed by atoms with van der Waals surface area (Å²) in [5.74, 6) is -6.63. The Morgan fingerprint density at radius 3 is 1.00 bits per heavy atom. The van der Waals surface area contributed by atoms with E-state index in [1.165, 1.54) is 0 Å². The molecule has 0 aromatic carbocycles. The van der Waals surface area contributed by atoms with Gasteiger partial charge in [-0.2, -0.15) is 0 Å². The van der Waals surface area contributed by atoms with E-state index in [4.69, 9.17) is 20.4 Å². The molecular weight excluding hydrogens is 224 g/mol. The normalized spacial score (nSPS) is 11.5. The van der Waals surface area contributed by atoms with Gasteiger partial charge in [0.25, 0.3) is 0 Å². The van der Waals surface area contributed by atoms with Crippen LogP contribution in [0.1, 0.15) is 12.8 Å². The summed E-state index contributed by atoms with van der Waals surface area (Å²) in [6.45, 7) is 0.